The van der Waals surface area contributed by atoms with Crippen LogP contribution in [0.4, 0.5) is 14.6 Å². The van der Waals surface area contributed by atoms with Crippen LogP contribution in [0.5, 0.6) is 0 Å². The Hall–Kier alpha value is -2.68. The molecule has 2 unspecified atom stereocenters. The van der Waals surface area contributed by atoms with E-state index in [1.165, 1.54) is 12.4 Å². The Kier molecular flexibility index (Phi) is 5.90. The molecule has 144 valence electrons. The quantitative estimate of drug-likeness (QED) is 0.673. The largest absolute Gasteiger partial charge is 0.356 e. The molecule has 1 saturated heterocycles. The van der Waals surface area contributed by atoms with E-state index in [0.717, 1.165) is 37.8 Å². The third-order valence-corrected chi connectivity index (χ3v) is 4.71. The number of nitrogens with two attached hydrogens (primary N) is 1. The molecule has 1 aliphatic rings. The van der Waals surface area contributed by atoms with Crippen LogP contribution in [-0.2, 0) is 0 Å². The van der Waals surface area contributed by atoms with Crippen molar-refractivity contribution in [3.8, 4) is 11.4 Å². The molecule has 2 aromatic rings. The average Bonchev–Trinajstić information content (AvgIpc) is 3.15. The van der Waals surface area contributed by atoms with Crippen LogP contribution >= 0.6 is 0 Å². The van der Waals surface area contributed by atoms with Crippen LogP contribution in [0.2, 0.25) is 0 Å². The Bertz CT molecular complexity index is 816. The van der Waals surface area contributed by atoms with Crippen LogP contribution < -0.4 is 10.6 Å². The number of aromatic nitrogens is 4. The monoisotopic (exact) mass is 375 g/mol. The molecular weight excluding hydrogens is 352 g/mol. The molecule has 0 radical (unpaired) electrons. The first-order valence-corrected chi connectivity index (χ1v) is 8.86. The van der Waals surface area contributed by atoms with Crippen molar-refractivity contribution in [2.45, 2.75) is 32.2 Å². The number of aromatic amines is 1. The Morgan fingerprint density at radius 2 is 2.22 bits per heavy atom. The zero-order chi connectivity index (χ0) is 19.4. The van der Waals surface area contributed by atoms with Gasteiger partial charge in [0.25, 0.3) is 6.43 Å². The summed E-state index contributed by atoms with van der Waals surface area (Å²) >= 11 is 0. The van der Waals surface area contributed by atoms with Crippen molar-refractivity contribution in [2.75, 3.05) is 18.0 Å². The highest BCUT2D eigenvalue weighted by Crippen LogP contribution is 2.25. The second-order valence-electron chi connectivity index (χ2n) is 6.74. The number of allylic oxidation sites excluding steroid dienone is 1. The van der Waals surface area contributed by atoms with Gasteiger partial charge in [0.05, 0.1) is 23.3 Å². The molecule has 0 aliphatic carbocycles. The lowest BCUT2D eigenvalue weighted by Crippen LogP contribution is -2.42. The second-order valence-corrected chi connectivity index (χ2v) is 6.74. The molecular formula is C18H23F2N7. The number of rotatable bonds is 6. The number of anilines is 1. The first kappa shape index (κ1) is 19.1. The average molecular weight is 375 g/mol. The predicted molar refractivity (Wildman–Crippen MR) is 101 cm³/mol. The van der Waals surface area contributed by atoms with Gasteiger partial charge in [-0.1, -0.05) is 0 Å². The maximum atomic E-state index is 12.4. The molecule has 0 amide bonds. The second kappa shape index (κ2) is 8.34. The first-order chi connectivity index (χ1) is 12.9. The van der Waals surface area contributed by atoms with Gasteiger partial charge >= 0.3 is 0 Å². The van der Waals surface area contributed by atoms with Crippen molar-refractivity contribution < 1.29 is 8.78 Å². The number of nitrogens with one attached hydrogen (secondary N) is 2. The highest BCUT2D eigenvalue weighted by molar-refractivity contribution is 5.97. The number of imidazole rings is 1. The summed E-state index contributed by atoms with van der Waals surface area (Å²) in [6, 6.07) is 2.02. The molecule has 7 nitrogen and oxygen atoms in total. The van der Waals surface area contributed by atoms with Gasteiger partial charge in [-0.3, -0.25) is 5.41 Å². The van der Waals surface area contributed by atoms with Crippen LogP contribution in [0.15, 0.2) is 24.7 Å². The van der Waals surface area contributed by atoms with Gasteiger partial charge in [0.15, 0.2) is 0 Å². The zero-order valence-corrected chi connectivity index (χ0v) is 15.1. The summed E-state index contributed by atoms with van der Waals surface area (Å²) in [6.45, 7) is 3.82. The van der Waals surface area contributed by atoms with Crippen LogP contribution in [0.3, 0.4) is 0 Å². The van der Waals surface area contributed by atoms with Gasteiger partial charge in [-0.25, -0.2) is 23.7 Å². The minimum Gasteiger partial charge on any atom is -0.356 e. The van der Waals surface area contributed by atoms with Gasteiger partial charge in [0, 0.05) is 25.2 Å². The number of hydrogen-bond donors (Lipinski definition) is 3. The summed E-state index contributed by atoms with van der Waals surface area (Å²) in [5, 5.41) is 7.14. The number of H-pyrrole nitrogens is 1. The number of hydrogen-bond acceptors (Lipinski definition) is 6. The van der Waals surface area contributed by atoms with Crippen molar-refractivity contribution >= 4 is 17.6 Å². The minimum atomic E-state index is -2.80. The Morgan fingerprint density at radius 1 is 1.41 bits per heavy atom. The van der Waals surface area contributed by atoms with E-state index in [1.807, 2.05) is 13.0 Å². The van der Waals surface area contributed by atoms with Gasteiger partial charge in [0.2, 0.25) is 0 Å². The van der Waals surface area contributed by atoms with Crippen molar-refractivity contribution in [1.82, 2.24) is 19.9 Å². The Labute approximate surface area is 156 Å². The van der Waals surface area contributed by atoms with Crippen LogP contribution in [0.1, 0.15) is 25.6 Å². The normalized spacial score (nSPS) is 19.0. The zero-order valence-electron chi connectivity index (χ0n) is 15.1. The summed E-state index contributed by atoms with van der Waals surface area (Å²) in [6.07, 6.45) is 4.85. The van der Waals surface area contributed by atoms with Gasteiger partial charge in [-0.15, -0.1) is 0 Å². The Morgan fingerprint density at radius 3 is 2.96 bits per heavy atom. The van der Waals surface area contributed by atoms with Crippen molar-refractivity contribution in [3.05, 3.63) is 30.5 Å². The van der Waals surface area contributed by atoms with E-state index in [4.69, 9.17) is 11.1 Å². The fourth-order valence-corrected chi connectivity index (χ4v) is 3.11. The van der Waals surface area contributed by atoms with Gasteiger partial charge in [-0.2, -0.15) is 0 Å². The lowest BCUT2D eigenvalue weighted by atomic mass is 9.92. The molecule has 2 aromatic heterocycles. The van der Waals surface area contributed by atoms with Crippen molar-refractivity contribution in [2.24, 2.45) is 11.7 Å². The Balaban J connectivity index is 1.75. The molecule has 4 N–H and O–H groups in total. The van der Waals surface area contributed by atoms with E-state index in [-0.39, 0.29) is 6.04 Å². The van der Waals surface area contributed by atoms with Gasteiger partial charge < -0.3 is 15.6 Å². The van der Waals surface area contributed by atoms with E-state index in [2.05, 4.69) is 24.8 Å². The highest BCUT2D eigenvalue weighted by Gasteiger charge is 2.24. The molecule has 1 aliphatic heterocycles. The topological polar surface area (TPSA) is 108 Å². The lowest BCUT2D eigenvalue weighted by molar-refractivity contribution is 0.226. The first-order valence-electron chi connectivity index (χ1n) is 8.86. The standard InChI is InChI=1S/C18H23F2N7/c1-11(21)12-3-2-6-27(9-12)17-7-14(24-10-25-17)15-8-23-16(26-15)5-4-13(22)18(19)20/h4-5,7-8,10-12,18,22H,2-3,6,9,21H2,1H3,(H,23,26)/b5-4-,22-13?. The van der Waals surface area contributed by atoms with E-state index < -0.39 is 12.1 Å². The predicted octanol–water partition coefficient (Wildman–Crippen LogP) is 2.73. The fourth-order valence-electron chi connectivity index (χ4n) is 3.11. The summed E-state index contributed by atoms with van der Waals surface area (Å²) < 4.78 is 24.7. The van der Waals surface area contributed by atoms with Crippen LogP contribution in [0, 0.1) is 11.3 Å². The fraction of sp³-hybridized carbons (Fsp3) is 0.444. The summed E-state index contributed by atoms with van der Waals surface area (Å²) in [5.41, 5.74) is 6.62. The maximum Gasteiger partial charge on any atom is 0.279 e. The third-order valence-electron chi connectivity index (χ3n) is 4.71. The third kappa shape index (κ3) is 4.73. The highest BCUT2D eigenvalue weighted by atomic mass is 19.3. The molecule has 2 atom stereocenters. The lowest BCUT2D eigenvalue weighted by Gasteiger charge is -2.35. The van der Waals surface area contributed by atoms with Gasteiger partial charge in [0.1, 0.15) is 18.0 Å². The van der Waals surface area contributed by atoms with Crippen molar-refractivity contribution in [3.63, 3.8) is 0 Å². The SMILES string of the molecule is CC(N)C1CCCN(c2cc(-c3cnc(/C=C\C(=N)C(F)F)[nH]3)ncn2)C1. The number of piperidine rings is 1. The number of halogens is 2. The smallest absolute Gasteiger partial charge is 0.279 e. The molecule has 0 aromatic carbocycles. The number of alkyl halides is 2. The van der Waals surface area contributed by atoms with E-state index in [1.54, 1.807) is 6.20 Å². The van der Waals surface area contributed by atoms with E-state index in [9.17, 15) is 8.78 Å². The molecule has 3 rings (SSSR count). The van der Waals surface area contributed by atoms with E-state index >= 15 is 0 Å². The summed E-state index contributed by atoms with van der Waals surface area (Å²) in [7, 11) is 0. The van der Waals surface area contributed by atoms with E-state index in [0.29, 0.717) is 23.1 Å². The molecule has 0 saturated carbocycles. The molecule has 0 bridgehead atoms. The minimum absolute atomic E-state index is 0.142. The molecule has 27 heavy (non-hydrogen) atoms. The van der Waals surface area contributed by atoms with Crippen LogP contribution in [0.25, 0.3) is 17.5 Å². The summed E-state index contributed by atoms with van der Waals surface area (Å²) in [4.78, 5) is 18.0. The van der Waals surface area contributed by atoms with Gasteiger partial charge in [-0.05, 0) is 37.8 Å². The molecule has 9 heteroatoms. The maximum absolute atomic E-state index is 12.4. The van der Waals surface area contributed by atoms with Crippen LogP contribution in [-0.4, -0.2) is 51.2 Å². The number of nitrogens with zero attached hydrogens (tertiary/aromatic N) is 4. The van der Waals surface area contributed by atoms with Crippen molar-refractivity contribution in [1.29, 1.82) is 5.41 Å². The molecule has 3 heterocycles. The summed E-state index contributed by atoms with van der Waals surface area (Å²) in [5.74, 6) is 1.65. The molecule has 0 spiro atoms. The molecule has 1 fully saturated rings.